The van der Waals surface area contributed by atoms with Crippen LogP contribution in [0.25, 0.3) is 11.0 Å². The Bertz CT molecular complexity index is 637. The lowest BCUT2D eigenvalue weighted by atomic mass is 10.0. The Kier molecular flexibility index (Phi) is 3.40. The Labute approximate surface area is 117 Å². The molecule has 0 bridgehead atoms. The van der Waals surface area contributed by atoms with Gasteiger partial charge in [0.15, 0.2) is 0 Å². The van der Waals surface area contributed by atoms with Crippen LogP contribution in [0.1, 0.15) is 29.6 Å². The van der Waals surface area contributed by atoms with E-state index in [-0.39, 0.29) is 5.56 Å². The van der Waals surface area contributed by atoms with Crippen molar-refractivity contribution < 1.29 is 9.90 Å². The maximum atomic E-state index is 10.9. The first kappa shape index (κ1) is 13.1. The second-order valence-electron chi connectivity index (χ2n) is 5.41. The molecule has 0 spiro atoms. The van der Waals surface area contributed by atoms with Gasteiger partial charge in [0.1, 0.15) is 5.52 Å². The fourth-order valence-corrected chi connectivity index (χ4v) is 2.81. The van der Waals surface area contributed by atoms with Crippen LogP contribution in [-0.4, -0.2) is 50.6 Å². The molecule has 1 fully saturated rings. The minimum absolute atomic E-state index is 0.249. The number of likely N-dealkylation sites (N-methyl/N-ethyl adjacent to an activating group) is 1. The molecule has 1 aliphatic heterocycles. The van der Waals surface area contributed by atoms with Crippen LogP contribution in [0.15, 0.2) is 18.2 Å². The summed E-state index contributed by atoms with van der Waals surface area (Å²) >= 11 is 0. The van der Waals surface area contributed by atoms with Crippen molar-refractivity contribution in [2.75, 3.05) is 13.6 Å². The van der Waals surface area contributed by atoms with Crippen molar-refractivity contribution in [3.63, 3.8) is 0 Å². The summed E-state index contributed by atoms with van der Waals surface area (Å²) in [6.45, 7) is 1.93. The third-order valence-electron chi connectivity index (χ3n) is 4.07. The molecule has 2 heterocycles. The highest BCUT2D eigenvalue weighted by Gasteiger charge is 2.20. The standard InChI is InChI=1S/C14H18N4O2/c1-17-7-3-2-4-11(17)9-18-13-6-5-10(14(19)20)8-12(13)15-16-18/h5-6,8,11H,2-4,7,9H2,1H3,(H,19,20). The first-order valence-electron chi connectivity index (χ1n) is 6.92. The Balaban J connectivity index is 1.87. The molecular formula is C14H18N4O2. The third kappa shape index (κ3) is 2.38. The van der Waals surface area contributed by atoms with Gasteiger partial charge in [0, 0.05) is 6.04 Å². The van der Waals surface area contributed by atoms with E-state index < -0.39 is 5.97 Å². The zero-order chi connectivity index (χ0) is 14.1. The number of hydrogen-bond acceptors (Lipinski definition) is 4. The van der Waals surface area contributed by atoms with Crippen molar-refractivity contribution in [3.05, 3.63) is 23.8 Å². The summed E-state index contributed by atoms with van der Waals surface area (Å²) in [4.78, 5) is 13.3. The first-order valence-corrected chi connectivity index (χ1v) is 6.92. The topological polar surface area (TPSA) is 71.2 Å². The number of carboxylic acid groups (broad SMARTS) is 1. The molecule has 2 aromatic rings. The van der Waals surface area contributed by atoms with Crippen LogP contribution < -0.4 is 0 Å². The van der Waals surface area contributed by atoms with Gasteiger partial charge in [-0.15, -0.1) is 5.10 Å². The molecule has 6 heteroatoms. The molecular weight excluding hydrogens is 256 g/mol. The molecule has 1 atom stereocenters. The second-order valence-corrected chi connectivity index (χ2v) is 5.41. The number of hydrogen-bond donors (Lipinski definition) is 1. The molecule has 1 aromatic heterocycles. The fourth-order valence-electron chi connectivity index (χ4n) is 2.81. The van der Waals surface area contributed by atoms with Crippen molar-refractivity contribution >= 4 is 17.0 Å². The maximum absolute atomic E-state index is 10.9. The Hall–Kier alpha value is -1.95. The van der Waals surface area contributed by atoms with Gasteiger partial charge in [-0.2, -0.15) is 0 Å². The van der Waals surface area contributed by atoms with Crippen LogP contribution in [0.2, 0.25) is 0 Å². The lowest BCUT2D eigenvalue weighted by molar-refractivity contribution is 0.0697. The molecule has 1 aromatic carbocycles. The predicted molar refractivity (Wildman–Crippen MR) is 74.8 cm³/mol. The van der Waals surface area contributed by atoms with E-state index in [1.807, 2.05) is 4.68 Å². The number of fused-ring (bicyclic) bond motifs is 1. The number of benzene rings is 1. The van der Waals surface area contributed by atoms with Crippen molar-refractivity contribution in [3.8, 4) is 0 Å². The average Bonchev–Trinajstić information content (AvgIpc) is 2.84. The molecule has 1 N–H and O–H groups in total. The summed E-state index contributed by atoms with van der Waals surface area (Å²) in [6.07, 6.45) is 3.68. The van der Waals surface area contributed by atoms with E-state index >= 15 is 0 Å². The van der Waals surface area contributed by atoms with Crippen molar-refractivity contribution in [2.24, 2.45) is 0 Å². The summed E-state index contributed by atoms with van der Waals surface area (Å²) in [5.41, 5.74) is 1.79. The van der Waals surface area contributed by atoms with Gasteiger partial charge in [0.2, 0.25) is 0 Å². The lowest BCUT2D eigenvalue weighted by Gasteiger charge is -2.32. The number of likely N-dealkylation sites (tertiary alicyclic amines) is 1. The summed E-state index contributed by atoms with van der Waals surface area (Å²) in [6, 6.07) is 5.45. The van der Waals surface area contributed by atoms with Crippen LogP contribution in [0.3, 0.4) is 0 Å². The van der Waals surface area contributed by atoms with Crippen LogP contribution in [0.4, 0.5) is 0 Å². The molecule has 1 saturated heterocycles. The largest absolute Gasteiger partial charge is 0.478 e. The Morgan fingerprint density at radius 3 is 3.05 bits per heavy atom. The number of carboxylic acids is 1. The molecule has 0 amide bonds. The van der Waals surface area contributed by atoms with Gasteiger partial charge in [0.05, 0.1) is 17.6 Å². The van der Waals surface area contributed by atoms with Gasteiger partial charge in [0.25, 0.3) is 0 Å². The monoisotopic (exact) mass is 274 g/mol. The van der Waals surface area contributed by atoms with Gasteiger partial charge in [-0.25, -0.2) is 9.48 Å². The highest BCUT2D eigenvalue weighted by atomic mass is 16.4. The van der Waals surface area contributed by atoms with E-state index in [2.05, 4.69) is 22.3 Å². The number of nitrogens with zero attached hydrogens (tertiary/aromatic N) is 4. The SMILES string of the molecule is CN1CCCCC1Cn1nnc2cc(C(=O)O)ccc21. The normalized spacial score (nSPS) is 20.4. The number of aromatic nitrogens is 3. The first-order chi connectivity index (χ1) is 9.65. The summed E-state index contributed by atoms with van der Waals surface area (Å²) in [7, 11) is 2.14. The van der Waals surface area contributed by atoms with Crippen molar-refractivity contribution in [2.45, 2.75) is 31.8 Å². The van der Waals surface area contributed by atoms with Gasteiger partial charge >= 0.3 is 5.97 Å². The van der Waals surface area contributed by atoms with Crippen molar-refractivity contribution in [1.82, 2.24) is 19.9 Å². The molecule has 20 heavy (non-hydrogen) atoms. The van der Waals surface area contributed by atoms with E-state index in [4.69, 9.17) is 5.11 Å². The predicted octanol–water partition coefficient (Wildman–Crippen LogP) is 1.61. The number of rotatable bonds is 3. The molecule has 0 saturated carbocycles. The Morgan fingerprint density at radius 2 is 2.30 bits per heavy atom. The third-order valence-corrected chi connectivity index (χ3v) is 4.07. The molecule has 3 rings (SSSR count). The highest BCUT2D eigenvalue weighted by molar-refractivity contribution is 5.92. The summed E-state index contributed by atoms with van der Waals surface area (Å²) in [5.74, 6) is -0.937. The summed E-state index contributed by atoms with van der Waals surface area (Å²) in [5, 5.41) is 17.2. The molecule has 1 aliphatic rings. The van der Waals surface area contributed by atoms with E-state index in [0.717, 1.165) is 18.6 Å². The molecule has 0 radical (unpaired) electrons. The zero-order valence-corrected chi connectivity index (χ0v) is 11.5. The van der Waals surface area contributed by atoms with Gasteiger partial charge in [-0.05, 0) is 44.6 Å². The van der Waals surface area contributed by atoms with Gasteiger partial charge in [-0.3, -0.25) is 0 Å². The molecule has 1 unspecified atom stereocenters. The van der Waals surface area contributed by atoms with E-state index in [9.17, 15) is 4.79 Å². The average molecular weight is 274 g/mol. The molecule has 0 aliphatic carbocycles. The minimum atomic E-state index is -0.937. The van der Waals surface area contributed by atoms with Gasteiger partial charge in [-0.1, -0.05) is 11.6 Å². The van der Waals surface area contributed by atoms with Crippen LogP contribution >= 0.6 is 0 Å². The second kappa shape index (κ2) is 5.20. The van der Waals surface area contributed by atoms with E-state index in [1.54, 1.807) is 18.2 Å². The van der Waals surface area contributed by atoms with Crippen molar-refractivity contribution in [1.29, 1.82) is 0 Å². The lowest BCUT2D eigenvalue weighted by Crippen LogP contribution is -2.39. The smallest absolute Gasteiger partial charge is 0.335 e. The minimum Gasteiger partial charge on any atom is -0.478 e. The van der Waals surface area contributed by atoms with Crippen LogP contribution in [0.5, 0.6) is 0 Å². The van der Waals surface area contributed by atoms with E-state index in [0.29, 0.717) is 11.6 Å². The molecule has 6 nitrogen and oxygen atoms in total. The number of piperidine rings is 1. The zero-order valence-electron chi connectivity index (χ0n) is 11.5. The van der Waals surface area contributed by atoms with E-state index in [1.165, 1.54) is 19.3 Å². The number of aromatic carboxylic acids is 1. The maximum Gasteiger partial charge on any atom is 0.335 e. The molecule has 106 valence electrons. The summed E-state index contributed by atoms with van der Waals surface area (Å²) < 4.78 is 1.88. The fraction of sp³-hybridized carbons (Fsp3) is 0.500. The Morgan fingerprint density at radius 1 is 1.45 bits per heavy atom. The number of carbonyl (C=O) groups is 1. The van der Waals surface area contributed by atoms with Crippen LogP contribution in [-0.2, 0) is 6.54 Å². The van der Waals surface area contributed by atoms with Crippen LogP contribution in [0, 0.1) is 0 Å². The quantitative estimate of drug-likeness (QED) is 0.920. The van der Waals surface area contributed by atoms with Gasteiger partial charge < -0.3 is 10.0 Å². The highest BCUT2D eigenvalue weighted by Crippen LogP contribution is 2.19.